The van der Waals surface area contributed by atoms with E-state index in [1.807, 2.05) is 11.9 Å². The van der Waals surface area contributed by atoms with Crippen LogP contribution in [0.5, 0.6) is 0 Å². The Hall–Kier alpha value is -0.610. The van der Waals surface area contributed by atoms with E-state index in [9.17, 15) is 4.79 Å². The van der Waals surface area contributed by atoms with E-state index >= 15 is 0 Å². The number of rotatable bonds is 5. The van der Waals surface area contributed by atoms with Crippen LogP contribution in [-0.2, 0) is 9.53 Å². The summed E-state index contributed by atoms with van der Waals surface area (Å²) in [5.74, 6) is 2.22. The smallest absolute Gasteiger partial charge is 0.225 e. The molecule has 0 bridgehead atoms. The van der Waals surface area contributed by atoms with Gasteiger partial charge in [0.1, 0.15) is 0 Å². The second-order valence-corrected chi connectivity index (χ2v) is 6.75. The van der Waals surface area contributed by atoms with Gasteiger partial charge in [0.05, 0.1) is 6.61 Å². The molecule has 2 saturated carbocycles. The van der Waals surface area contributed by atoms with E-state index < -0.39 is 0 Å². The molecule has 0 aliphatic heterocycles. The van der Waals surface area contributed by atoms with Crippen LogP contribution in [0.3, 0.4) is 0 Å². The maximum absolute atomic E-state index is 12.5. The topological polar surface area (TPSA) is 55.6 Å². The summed E-state index contributed by atoms with van der Waals surface area (Å²) in [6, 6.07) is -0.0834. The van der Waals surface area contributed by atoms with Gasteiger partial charge in [-0.1, -0.05) is 25.7 Å². The van der Waals surface area contributed by atoms with Crippen molar-refractivity contribution in [3.05, 3.63) is 0 Å². The van der Waals surface area contributed by atoms with E-state index in [0.717, 1.165) is 24.7 Å². The van der Waals surface area contributed by atoms with Crippen molar-refractivity contribution >= 4 is 5.91 Å². The van der Waals surface area contributed by atoms with Gasteiger partial charge in [-0.3, -0.25) is 4.79 Å². The van der Waals surface area contributed by atoms with Crippen molar-refractivity contribution in [2.75, 3.05) is 27.3 Å². The number of amides is 1. The molecule has 4 nitrogen and oxygen atoms in total. The lowest BCUT2D eigenvalue weighted by atomic mass is 9.67. The van der Waals surface area contributed by atoms with Gasteiger partial charge in [-0.2, -0.15) is 0 Å². The number of hydrogen-bond donors (Lipinski definition) is 1. The van der Waals surface area contributed by atoms with Crippen molar-refractivity contribution < 1.29 is 9.53 Å². The minimum atomic E-state index is -0.0834. The van der Waals surface area contributed by atoms with Crippen LogP contribution in [0, 0.1) is 17.8 Å². The monoisotopic (exact) mass is 282 g/mol. The molecule has 1 amide bonds. The number of likely N-dealkylation sites (N-methyl/N-ethyl adjacent to an activating group) is 1. The molecule has 4 atom stereocenters. The number of carbonyl (C=O) groups excluding carboxylic acids is 1. The van der Waals surface area contributed by atoms with Gasteiger partial charge in [0.25, 0.3) is 0 Å². The van der Waals surface area contributed by atoms with Crippen LogP contribution in [0.15, 0.2) is 0 Å². The van der Waals surface area contributed by atoms with Crippen LogP contribution in [0.4, 0.5) is 0 Å². The Bertz CT molecular complexity index is 322. The highest BCUT2D eigenvalue weighted by atomic mass is 16.5. The third-order valence-electron chi connectivity index (χ3n) is 5.15. The Balaban J connectivity index is 1.83. The molecule has 0 spiro atoms. The Labute approximate surface area is 123 Å². The van der Waals surface area contributed by atoms with Crippen LogP contribution in [-0.4, -0.2) is 44.2 Å². The molecule has 2 N–H and O–H groups in total. The van der Waals surface area contributed by atoms with Crippen molar-refractivity contribution in [2.24, 2.45) is 23.5 Å². The summed E-state index contributed by atoms with van der Waals surface area (Å²) in [6.45, 7) is 1.10. The predicted octanol–water partition coefficient (Wildman–Crippen LogP) is 2.02. The molecule has 0 aromatic carbocycles. The molecule has 0 saturated heterocycles. The van der Waals surface area contributed by atoms with Crippen molar-refractivity contribution in [3.63, 3.8) is 0 Å². The summed E-state index contributed by atoms with van der Waals surface area (Å²) in [4.78, 5) is 14.4. The Morgan fingerprint density at radius 1 is 1.25 bits per heavy atom. The zero-order chi connectivity index (χ0) is 14.5. The fourth-order valence-electron chi connectivity index (χ4n) is 4.12. The minimum Gasteiger partial charge on any atom is -0.383 e. The molecule has 2 aliphatic carbocycles. The van der Waals surface area contributed by atoms with Crippen LogP contribution in [0.2, 0.25) is 0 Å². The van der Waals surface area contributed by atoms with Crippen molar-refractivity contribution in [2.45, 2.75) is 51.0 Å². The largest absolute Gasteiger partial charge is 0.383 e. The van der Waals surface area contributed by atoms with Gasteiger partial charge in [-0.05, 0) is 31.1 Å². The molecule has 2 aliphatic rings. The number of hydrogen-bond acceptors (Lipinski definition) is 3. The van der Waals surface area contributed by atoms with E-state index in [1.54, 1.807) is 7.11 Å². The molecule has 4 heteroatoms. The molecule has 0 radical (unpaired) electrons. The number of ether oxygens (including phenoxy) is 1. The quantitative estimate of drug-likeness (QED) is 0.839. The molecular weight excluding hydrogens is 252 g/mol. The minimum absolute atomic E-state index is 0.0834. The van der Waals surface area contributed by atoms with Gasteiger partial charge in [-0.15, -0.1) is 0 Å². The van der Waals surface area contributed by atoms with E-state index in [0.29, 0.717) is 19.1 Å². The summed E-state index contributed by atoms with van der Waals surface area (Å²) >= 11 is 0. The van der Waals surface area contributed by atoms with Gasteiger partial charge >= 0.3 is 0 Å². The first kappa shape index (κ1) is 15.8. The molecule has 0 aromatic heterocycles. The third-order valence-corrected chi connectivity index (χ3v) is 5.15. The molecular formula is C16H30N2O2. The normalized spacial score (nSPS) is 31.4. The first-order chi connectivity index (χ1) is 9.61. The number of nitrogens with two attached hydrogens (primary N) is 1. The summed E-state index contributed by atoms with van der Waals surface area (Å²) in [5.41, 5.74) is 5.94. The van der Waals surface area contributed by atoms with E-state index in [2.05, 4.69) is 0 Å². The second-order valence-electron chi connectivity index (χ2n) is 6.75. The molecule has 0 heterocycles. The molecule has 4 unspecified atom stereocenters. The van der Waals surface area contributed by atoms with Gasteiger partial charge in [-0.25, -0.2) is 0 Å². The van der Waals surface area contributed by atoms with Crippen LogP contribution in [0.25, 0.3) is 0 Å². The molecule has 2 rings (SSSR count). The van der Waals surface area contributed by atoms with Crippen LogP contribution < -0.4 is 5.73 Å². The summed E-state index contributed by atoms with van der Waals surface area (Å²) < 4.78 is 5.04. The third kappa shape index (κ3) is 3.95. The van der Waals surface area contributed by atoms with E-state index in [4.69, 9.17) is 10.5 Å². The summed E-state index contributed by atoms with van der Waals surface area (Å²) in [7, 11) is 3.52. The molecule has 116 valence electrons. The average Bonchev–Trinajstić information content (AvgIpc) is 2.46. The number of methoxy groups -OCH3 is 1. The lowest BCUT2D eigenvalue weighted by Gasteiger charge is -2.39. The molecule has 2 fully saturated rings. The fraction of sp³-hybridized carbons (Fsp3) is 0.938. The second kappa shape index (κ2) is 7.41. The van der Waals surface area contributed by atoms with Crippen LogP contribution >= 0.6 is 0 Å². The van der Waals surface area contributed by atoms with Crippen molar-refractivity contribution in [3.8, 4) is 0 Å². The van der Waals surface area contributed by atoms with Gasteiger partial charge in [0, 0.05) is 32.7 Å². The molecule has 0 aromatic rings. The van der Waals surface area contributed by atoms with Crippen LogP contribution in [0.1, 0.15) is 44.9 Å². The summed E-state index contributed by atoms with van der Waals surface area (Å²) in [5, 5.41) is 0. The standard InChI is InChI=1S/C16H30N2O2/c1-18(10-15(17)11-20-2)16(19)14-8-7-12-5-3-4-6-13(12)9-14/h12-15H,3-11,17H2,1-2H3. The maximum atomic E-state index is 12.5. The van der Waals surface area contributed by atoms with Gasteiger partial charge in [0.15, 0.2) is 0 Å². The predicted molar refractivity (Wildman–Crippen MR) is 80.3 cm³/mol. The highest BCUT2D eigenvalue weighted by Crippen LogP contribution is 2.43. The first-order valence-electron chi connectivity index (χ1n) is 8.11. The van der Waals surface area contributed by atoms with E-state index in [-0.39, 0.29) is 12.0 Å². The van der Waals surface area contributed by atoms with Gasteiger partial charge in [0.2, 0.25) is 5.91 Å². The number of carbonyl (C=O) groups is 1. The fourth-order valence-corrected chi connectivity index (χ4v) is 4.12. The SMILES string of the molecule is COCC(N)CN(C)C(=O)C1CCC2CCCCC2C1. The van der Waals surface area contributed by atoms with E-state index in [1.165, 1.54) is 32.1 Å². The van der Waals surface area contributed by atoms with Gasteiger partial charge < -0.3 is 15.4 Å². The lowest BCUT2D eigenvalue weighted by Crippen LogP contribution is -2.44. The van der Waals surface area contributed by atoms with Crippen molar-refractivity contribution in [1.29, 1.82) is 0 Å². The number of fused-ring (bicyclic) bond motifs is 1. The zero-order valence-corrected chi connectivity index (χ0v) is 13.0. The highest BCUT2D eigenvalue weighted by molar-refractivity contribution is 5.78. The highest BCUT2D eigenvalue weighted by Gasteiger charge is 2.36. The molecule has 20 heavy (non-hydrogen) atoms. The first-order valence-corrected chi connectivity index (χ1v) is 8.11. The number of nitrogens with zero attached hydrogens (tertiary/aromatic N) is 1. The Kier molecular flexibility index (Phi) is 5.85. The maximum Gasteiger partial charge on any atom is 0.225 e. The lowest BCUT2D eigenvalue weighted by molar-refractivity contribution is -0.136. The summed E-state index contributed by atoms with van der Waals surface area (Å²) in [6.07, 6.45) is 8.90. The average molecular weight is 282 g/mol. The Morgan fingerprint density at radius 2 is 1.95 bits per heavy atom. The zero-order valence-electron chi connectivity index (χ0n) is 13.0. The van der Waals surface area contributed by atoms with Crippen molar-refractivity contribution in [1.82, 2.24) is 4.90 Å². The Morgan fingerprint density at radius 3 is 2.65 bits per heavy atom.